The van der Waals surface area contributed by atoms with Crippen LogP contribution in [0, 0.1) is 5.41 Å². The molecular formula is C13H20N2O. The molecule has 1 aromatic carbocycles. The van der Waals surface area contributed by atoms with Crippen molar-refractivity contribution in [2.75, 3.05) is 0 Å². The number of hydrogen-bond donors (Lipinski definition) is 2. The Labute approximate surface area is 97.1 Å². The van der Waals surface area contributed by atoms with Crippen molar-refractivity contribution in [2.24, 2.45) is 5.73 Å². The Morgan fingerprint density at radius 3 is 2.75 bits per heavy atom. The van der Waals surface area contributed by atoms with Crippen molar-refractivity contribution >= 4 is 5.84 Å². The third-order valence-electron chi connectivity index (χ3n) is 2.53. The van der Waals surface area contributed by atoms with Gasteiger partial charge < -0.3 is 10.5 Å². The number of ether oxygens (including phenoxy) is 1. The van der Waals surface area contributed by atoms with E-state index in [0.29, 0.717) is 6.61 Å². The number of rotatable bonds is 6. The number of nitrogens with one attached hydrogen (secondary N) is 1. The highest BCUT2D eigenvalue weighted by atomic mass is 16.5. The SMILES string of the molecule is CCCC(C)OCc1ccccc1C(=N)N. The topological polar surface area (TPSA) is 59.1 Å². The Hall–Kier alpha value is -1.35. The van der Waals surface area contributed by atoms with Gasteiger partial charge in [-0.15, -0.1) is 0 Å². The van der Waals surface area contributed by atoms with E-state index in [1.54, 1.807) is 0 Å². The molecule has 3 N–H and O–H groups in total. The van der Waals surface area contributed by atoms with Crippen LogP contribution in [0.2, 0.25) is 0 Å². The van der Waals surface area contributed by atoms with Gasteiger partial charge in [-0.05, 0) is 18.9 Å². The average molecular weight is 220 g/mol. The number of hydrogen-bond acceptors (Lipinski definition) is 2. The van der Waals surface area contributed by atoms with Crippen LogP contribution in [0.4, 0.5) is 0 Å². The Morgan fingerprint density at radius 1 is 1.44 bits per heavy atom. The standard InChI is InChI=1S/C13H20N2O/c1-3-6-10(2)16-9-11-7-4-5-8-12(11)13(14)15/h4-5,7-8,10H,3,6,9H2,1-2H3,(H3,14,15). The second kappa shape index (κ2) is 6.28. The van der Waals surface area contributed by atoms with Crippen LogP contribution < -0.4 is 5.73 Å². The summed E-state index contributed by atoms with van der Waals surface area (Å²) in [5.74, 6) is 0.0994. The quantitative estimate of drug-likeness (QED) is 0.572. The van der Waals surface area contributed by atoms with Gasteiger partial charge in [0.2, 0.25) is 0 Å². The summed E-state index contributed by atoms with van der Waals surface area (Å²) >= 11 is 0. The van der Waals surface area contributed by atoms with Gasteiger partial charge in [-0.3, -0.25) is 5.41 Å². The summed E-state index contributed by atoms with van der Waals surface area (Å²) < 4.78 is 5.71. The van der Waals surface area contributed by atoms with E-state index in [-0.39, 0.29) is 11.9 Å². The fraction of sp³-hybridized carbons (Fsp3) is 0.462. The summed E-state index contributed by atoms with van der Waals surface area (Å²) in [5.41, 5.74) is 7.26. The van der Waals surface area contributed by atoms with Crippen LogP contribution in [0.15, 0.2) is 24.3 Å². The van der Waals surface area contributed by atoms with Crippen molar-refractivity contribution in [3.8, 4) is 0 Å². The maximum atomic E-state index is 7.47. The molecule has 0 aromatic heterocycles. The molecule has 0 radical (unpaired) electrons. The lowest BCUT2D eigenvalue weighted by Gasteiger charge is -2.13. The van der Waals surface area contributed by atoms with E-state index in [4.69, 9.17) is 15.9 Å². The zero-order chi connectivity index (χ0) is 12.0. The summed E-state index contributed by atoms with van der Waals surface area (Å²) in [6.07, 6.45) is 2.43. The van der Waals surface area contributed by atoms with Gasteiger partial charge in [0.05, 0.1) is 12.7 Å². The van der Waals surface area contributed by atoms with E-state index < -0.39 is 0 Å². The molecular weight excluding hydrogens is 200 g/mol. The molecule has 16 heavy (non-hydrogen) atoms. The summed E-state index contributed by atoms with van der Waals surface area (Å²) in [5, 5.41) is 7.47. The molecule has 0 aliphatic rings. The summed E-state index contributed by atoms with van der Waals surface area (Å²) in [7, 11) is 0. The molecule has 3 heteroatoms. The van der Waals surface area contributed by atoms with Crippen molar-refractivity contribution in [2.45, 2.75) is 39.4 Å². The largest absolute Gasteiger partial charge is 0.384 e. The lowest BCUT2D eigenvalue weighted by molar-refractivity contribution is 0.0471. The van der Waals surface area contributed by atoms with Crippen LogP contribution in [0.5, 0.6) is 0 Å². The highest BCUT2D eigenvalue weighted by Crippen LogP contribution is 2.12. The van der Waals surface area contributed by atoms with E-state index in [2.05, 4.69) is 13.8 Å². The molecule has 1 aromatic rings. The summed E-state index contributed by atoms with van der Waals surface area (Å²) in [6.45, 7) is 4.74. The minimum Gasteiger partial charge on any atom is -0.384 e. The van der Waals surface area contributed by atoms with Crippen molar-refractivity contribution in [3.63, 3.8) is 0 Å². The maximum absolute atomic E-state index is 7.47. The molecule has 0 aliphatic heterocycles. The zero-order valence-electron chi connectivity index (χ0n) is 9.99. The molecule has 1 atom stereocenters. The van der Waals surface area contributed by atoms with Gasteiger partial charge in [0.1, 0.15) is 5.84 Å². The Bertz CT molecular complexity index is 350. The number of benzene rings is 1. The first-order valence-electron chi connectivity index (χ1n) is 5.69. The van der Waals surface area contributed by atoms with Gasteiger partial charge in [0.25, 0.3) is 0 Å². The minimum atomic E-state index is 0.0994. The first kappa shape index (κ1) is 12.7. The second-order valence-electron chi connectivity index (χ2n) is 3.98. The molecule has 0 amide bonds. The van der Waals surface area contributed by atoms with Gasteiger partial charge in [-0.25, -0.2) is 0 Å². The average Bonchev–Trinajstić information content (AvgIpc) is 2.27. The van der Waals surface area contributed by atoms with Crippen LogP contribution in [0.25, 0.3) is 0 Å². The van der Waals surface area contributed by atoms with Crippen molar-refractivity contribution < 1.29 is 4.74 Å². The van der Waals surface area contributed by atoms with Gasteiger partial charge in [-0.2, -0.15) is 0 Å². The van der Waals surface area contributed by atoms with Crippen molar-refractivity contribution in [1.82, 2.24) is 0 Å². The van der Waals surface area contributed by atoms with Crippen LogP contribution >= 0.6 is 0 Å². The first-order valence-corrected chi connectivity index (χ1v) is 5.69. The molecule has 0 bridgehead atoms. The first-order chi connectivity index (χ1) is 7.65. The van der Waals surface area contributed by atoms with E-state index >= 15 is 0 Å². The van der Waals surface area contributed by atoms with E-state index in [9.17, 15) is 0 Å². The van der Waals surface area contributed by atoms with E-state index in [1.807, 2.05) is 24.3 Å². The second-order valence-corrected chi connectivity index (χ2v) is 3.98. The van der Waals surface area contributed by atoms with Gasteiger partial charge in [0.15, 0.2) is 0 Å². The molecule has 0 aliphatic carbocycles. The smallest absolute Gasteiger partial charge is 0.123 e. The van der Waals surface area contributed by atoms with Gasteiger partial charge in [-0.1, -0.05) is 37.6 Å². The molecule has 0 saturated carbocycles. The van der Waals surface area contributed by atoms with Crippen LogP contribution in [0.1, 0.15) is 37.8 Å². The third-order valence-corrected chi connectivity index (χ3v) is 2.53. The molecule has 0 fully saturated rings. The monoisotopic (exact) mass is 220 g/mol. The van der Waals surface area contributed by atoms with Crippen molar-refractivity contribution in [3.05, 3.63) is 35.4 Å². The maximum Gasteiger partial charge on any atom is 0.123 e. The molecule has 0 heterocycles. The Balaban J connectivity index is 2.63. The fourth-order valence-electron chi connectivity index (χ4n) is 1.63. The number of nitrogens with two attached hydrogens (primary N) is 1. The number of nitrogen functional groups attached to an aromatic ring is 1. The predicted molar refractivity (Wildman–Crippen MR) is 66.6 cm³/mol. The summed E-state index contributed by atoms with van der Waals surface area (Å²) in [6, 6.07) is 7.63. The highest BCUT2D eigenvalue weighted by molar-refractivity contribution is 5.96. The highest BCUT2D eigenvalue weighted by Gasteiger charge is 2.06. The van der Waals surface area contributed by atoms with Gasteiger partial charge in [0, 0.05) is 5.56 Å². The fourth-order valence-corrected chi connectivity index (χ4v) is 1.63. The molecule has 3 nitrogen and oxygen atoms in total. The lowest BCUT2D eigenvalue weighted by Crippen LogP contribution is -2.15. The minimum absolute atomic E-state index is 0.0994. The Kier molecular flexibility index (Phi) is 4.99. The molecule has 1 unspecified atom stereocenters. The zero-order valence-corrected chi connectivity index (χ0v) is 9.99. The van der Waals surface area contributed by atoms with E-state index in [1.165, 1.54) is 0 Å². The normalized spacial score (nSPS) is 12.4. The van der Waals surface area contributed by atoms with Crippen LogP contribution in [0.3, 0.4) is 0 Å². The van der Waals surface area contributed by atoms with Crippen LogP contribution in [-0.2, 0) is 11.3 Å². The molecule has 0 saturated heterocycles. The molecule has 88 valence electrons. The van der Waals surface area contributed by atoms with E-state index in [0.717, 1.165) is 24.0 Å². The third kappa shape index (κ3) is 3.66. The molecule has 0 spiro atoms. The lowest BCUT2D eigenvalue weighted by atomic mass is 10.1. The summed E-state index contributed by atoms with van der Waals surface area (Å²) in [4.78, 5) is 0. The van der Waals surface area contributed by atoms with Crippen LogP contribution in [-0.4, -0.2) is 11.9 Å². The molecule has 1 rings (SSSR count). The van der Waals surface area contributed by atoms with Crippen molar-refractivity contribution in [1.29, 1.82) is 5.41 Å². The van der Waals surface area contributed by atoms with Gasteiger partial charge >= 0.3 is 0 Å². The Morgan fingerprint density at radius 2 is 2.12 bits per heavy atom. The predicted octanol–water partition coefficient (Wildman–Crippen LogP) is 2.68. The number of amidine groups is 1.